The van der Waals surface area contributed by atoms with Crippen LogP contribution in [0.2, 0.25) is 5.02 Å². The Labute approximate surface area is 193 Å². The number of amides is 1. The number of halogens is 4. The zero-order valence-corrected chi connectivity index (χ0v) is 17.9. The Kier molecular flexibility index (Phi) is 5.57. The number of nitriles is 1. The number of nitrogens with two attached hydrogens (primary N) is 2. The molecule has 0 spiro atoms. The van der Waals surface area contributed by atoms with Crippen molar-refractivity contribution < 1.29 is 18.0 Å². The van der Waals surface area contributed by atoms with Gasteiger partial charge < -0.3 is 16.8 Å². The molecule has 3 aromatic heterocycles. The second-order valence-corrected chi connectivity index (χ2v) is 8.21. The van der Waals surface area contributed by atoms with Crippen molar-refractivity contribution in [3.05, 3.63) is 63.6 Å². The number of carbonyl (C=O) groups is 1. The molecular weight excluding hydrogens is 477 g/mol. The summed E-state index contributed by atoms with van der Waals surface area (Å²) in [6.45, 7) is 0. The van der Waals surface area contributed by atoms with Crippen molar-refractivity contribution in [3.63, 3.8) is 0 Å². The number of thiophene rings is 1. The minimum absolute atomic E-state index is 0.0347. The largest absolute Gasteiger partial charge is 0.417 e. The molecule has 0 atom stereocenters. The van der Waals surface area contributed by atoms with Crippen LogP contribution in [0, 0.1) is 11.3 Å². The molecule has 0 aliphatic carbocycles. The second-order valence-electron chi connectivity index (χ2n) is 6.77. The van der Waals surface area contributed by atoms with Gasteiger partial charge >= 0.3 is 6.18 Å². The number of carbonyl (C=O) groups excluding carboxylic acids is 1. The normalized spacial score (nSPS) is 11.4. The Morgan fingerprint density at radius 1 is 1.15 bits per heavy atom. The number of nitrogen functional groups attached to an aromatic ring is 2. The third kappa shape index (κ3) is 4.13. The van der Waals surface area contributed by atoms with Crippen LogP contribution in [-0.2, 0) is 6.18 Å². The number of rotatable bonds is 3. The van der Waals surface area contributed by atoms with Crippen molar-refractivity contribution >= 4 is 56.4 Å². The van der Waals surface area contributed by atoms with Crippen LogP contribution in [0.25, 0.3) is 21.3 Å². The molecule has 33 heavy (non-hydrogen) atoms. The molecule has 0 saturated carbocycles. The standard InChI is InChI=1S/C21H12ClF3N6OS/c22-11-4-1-9(2-5-11)14-12(7-26)18(28)31-20-15(14)16(27)17(33-20)19(32)30-13-6-3-10(8-29-13)21(23,24)25/h1-6,8H,27H2,(H2,28,31)(H,29,30,32). The highest BCUT2D eigenvalue weighted by Crippen LogP contribution is 2.43. The molecular formula is C21H12ClF3N6OS. The number of alkyl halides is 3. The molecule has 0 saturated heterocycles. The van der Waals surface area contributed by atoms with Gasteiger partial charge in [0.25, 0.3) is 5.91 Å². The van der Waals surface area contributed by atoms with E-state index in [1.165, 1.54) is 0 Å². The maximum atomic E-state index is 12.8. The van der Waals surface area contributed by atoms with E-state index in [9.17, 15) is 23.2 Å². The SMILES string of the molecule is N#Cc1c(N)nc2sc(C(=O)Nc3ccc(C(F)(F)F)cn3)c(N)c2c1-c1ccc(Cl)cc1. The molecule has 0 fully saturated rings. The summed E-state index contributed by atoms with van der Waals surface area (Å²) in [4.78, 5) is 21.0. The van der Waals surface area contributed by atoms with Gasteiger partial charge in [0.2, 0.25) is 0 Å². The zero-order valence-electron chi connectivity index (χ0n) is 16.4. The third-order valence-corrected chi connectivity index (χ3v) is 6.04. The first-order valence-electron chi connectivity index (χ1n) is 9.12. The quantitative estimate of drug-likeness (QED) is 0.358. The van der Waals surface area contributed by atoms with E-state index in [1.54, 1.807) is 24.3 Å². The summed E-state index contributed by atoms with van der Waals surface area (Å²) in [6.07, 6.45) is -3.93. The summed E-state index contributed by atoms with van der Waals surface area (Å²) in [5, 5.41) is 12.9. The molecule has 166 valence electrons. The highest BCUT2D eigenvalue weighted by atomic mass is 35.5. The fourth-order valence-corrected chi connectivity index (χ4v) is 4.30. The van der Waals surface area contributed by atoms with Crippen molar-refractivity contribution in [1.29, 1.82) is 5.26 Å². The summed E-state index contributed by atoms with van der Waals surface area (Å²) >= 11 is 6.90. The molecule has 4 rings (SSSR count). The molecule has 4 aromatic rings. The average Bonchev–Trinajstić information content (AvgIpc) is 3.09. The van der Waals surface area contributed by atoms with Gasteiger partial charge in [-0.2, -0.15) is 18.4 Å². The van der Waals surface area contributed by atoms with Crippen molar-refractivity contribution in [2.75, 3.05) is 16.8 Å². The lowest BCUT2D eigenvalue weighted by Gasteiger charge is -2.10. The van der Waals surface area contributed by atoms with Gasteiger partial charge in [-0.05, 0) is 29.8 Å². The first-order chi connectivity index (χ1) is 15.6. The van der Waals surface area contributed by atoms with Crippen molar-refractivity contribution in [3.8, 4) is 17.2 Å². The number of nitrogens with one attached hydrogen (secondary N) is 1. The Morgan fingerprint density at radius 3 is 2.42 bits per heavy atom. The number of pyridine rings is 2. The highest BCUT2D eigenvalue weighted by Gasteiger charge is 2.31. The van der Waals surface area contributed by atoms with E-state index in [2.05, 4.69) is 15.3 Å². The molecule has 7 nitrogen and oxygen atoms in total. The van der Waals surface area contributed by atoms with E-state index in [4.69, 9.17) is 23.1 Å². The Hall–Kier alpha value is -3.88. The first kappa shape index (κ1) is 22.3. The van der Waals surface area contributed by atoms with Crippen LogP contribution in [0.3, 0.4) is 0 Å². The molecule has 3 heterocycles. The lowest BCUT2D eigenvalue weighted by Crippen LogP contribution is -2.14. The van der Waals surface area contributed by atoms with Gasteiger partial charge in [-0.25, -0.2) is 9.97 Å². The van der Waals surface area contributed by atoms with Gasteiger partial charge in [-0.15, -0.1) is 11.3 Å². The Morgan fingerprint density at radius 2 is 1.85 bits per heavy atom. The number of anilines is 3. The molecule has 0 bridgehead atoms. The van der Waals surface area contributed by atoms with Crippen LogP contribution in [0.1, 0.15) is 20.8 Å². The third-order valence-electron chi connectivity index (χ3n) is 4.69. The van der Waals surface area contributed by atoms with Crippen LogP contribution < -0.4 is 16.8 Å². The minimum Gasteiger partial charge on any atom is -0.397 e. The van der Waals surface area contributed by atoms with E-state index in [0.717, 1.165) is 23.5 Å². The number of hydrogen-bond donors (Lipinski definition) is 3. The number of aromatic nitrogens is 2. The Balaban J connectivity index is 1.79. The molecule has 1 aromatic carbocycles. The number of hydrogen-bond acceptors (Lipinski definition) is 7. The molecule has 5 N–H and O–H groups in total. The predicted molar refractivity (Wildman–Crippen MR) is 121 cm³/mol. The van der Waals surface area contributed by atoms with Crippen molar-refractivity contribution in [1.82, 2.24) is 9.97 Å². The van der Waals surface area contributed by atoms with Gasteiger partial charge in [-0.1, -0.05) is 23.7 Å². The van der Waals surface area contributed by atoms with Crippen LogP contribution >= 0.6 is 22.9 Å². The van der Waals surface area contributed by atoms with Gasteiger partial charge in [-0.3, -0.25) is 4.79 Å². The van der Waals surface area contributed by atoms with E-state index < -0.39 is 17.6 Å². The summed E-state index contributed by atoms with van der Waals surface area (Å²) in [6, 6.07) is 10.5. The average molecular weight is 489 g/mol. The second kappa shape index (κ2) is 8.23. The monoisotopic (exact) mass is 488 g/mol. The number of benzene rings is 1. The molecule has 1 amide bonds. The van der Waals surface area contributed by atoms with E-state index in [1.807, 2.05) is 6.07 Å². The summed E-state index contributed by atoms with van der Waals surface area (Å²) in [5.74, 6) is -0.817. The van der Waals surface area contributed by atoms with Crippen LogP contribution in [-0.4, -0.2) is 15.9 Å². The fraction of sp³-hybridized carbons (Fsp3) is 0.0476. The molecule has 0 unspecified atom stereocenters. The number of nitrogens with zero attached hydrogens (tertiary/aromatic N) is 3. The maximum Gasteiger partial charge on any atom is 0.417 e. The zero-order chi connectivity index (χ0) is 23.9. The molecule has 12 heteroatoms. The topological polar surface area (TPSA) is 131 Å². The lowest BCUT2D eigenvalue weighted by atomic mass is 9.97. The molecule has 0 radical (unpaired) electrons. The van der Waals surface area contributed by atoms with Crippen LogP contribution in [0.15, 0.2) is 42.6 Å². The smallest absolute Gasteiger partial charge is 0.397 e. The maximum absolute atomic E-state index is 12.8. The molecule has 0 aliphatic heterocycles. The summed E-state index contributed by atoms with van der Waals surface area (Å²) in [5.41, 5.74) is 12.4. The van der Waals surface area contributed by atoms with Crippen LogP contribution in [0.5, 0.6) is 0 Å². The van der Waals surface area contributed by atoms with E-state index >= 15 is 0 Å². The van der Waals surface area contributed by atoms with E-state index in [-0.39, 0.29) is 27.8 Å². The highest BCUT2D eigenvalue weighted by molar-refractivity contribution is 7.21. The number of fused-ring (bicyclic) bond motifs is 1. The fourth-order valence-electron chi connectivity index (χ4n) is 3.17. The predicted octanol–water partition coefficient (Wildman–Crippen LogP) is 5.32. The van der Waals surface area contributed by atoms with Crippen molar-refractivity contribution in [2.45, 2.75) is 6.18 Å². The van der Waals surface area contributed by atoms with Gasteiger partial charge in [0.15, 0.2) is 0 Å². The molecule has 0 aliphatic rings. The van der Waals surface area contributed by atoms with Crippen molar-refractivity contribution in [2.24, 2.45) is 0 Å². The van der Waals surface area contributed by atoms with Gasteiger partial charge in [0.05, 0.1) is 11.3 Å². The Bertz CT molecular complexity index is 1430. The summed E-state index contributed by atoms with van der Waals surface area (Å²) < 4.78 is 38.2. The van der Waals surface area contributed by atoms with Crippen LogP contribution in [0.4, 0.5) is 30.5 Å². The minimum atomic E-state index is -4.55. The summed E-state index contributed by atoms with van der Waals surface area (Å²) in [7, 11) is 0. The van der Waals surface area contributed by atoms with Gasteiger partial charge in [0, 0.05) is 22.2 Å². The van der Waals surface area contributed by atoms with E-state index in [0.29, 0.717) is 32.6 Å². The lowest BCUT2D eigenvalue weighted by molar-refractivity contribution is -0.137. The van der Waals surface area contributed by atoms with Gasteiger partial charge in [0.1, 0.15) is 33.0 Å². The first-order valence-corrected chi connectivity index (χ1v) is 10.3.